The number of carbonyl (C=O) groups excluding carboxylic acids is 1. The average Bonchev–Trinajstić information content (AvgIpc) is 2.46. The van der Waals surface area contributed by atoms with E-state index in [0.717, 1.165) is 19.5 Å². The van der Waals surface area contributed by atoms with Crippen LogP contribution in [-0.2, 0) is 0 Å². The third-order valence-corrected chi connectivity index (χ3v) is 4.04. The Kier molecular flexibility index (Phi) is 4.60. The van der Waals surface area contributed by atoms with Crippen LogP contribution in [0.1, 0.15) is 30.6 Å². The van der Waals surface area contributed by atoms with Crippen molar-refractivity contribution in [1.82, 2.24) is 9.80 Å². The summed E-state index contributed by atoms with van der Waals surface area (Å²) in [5.74, 6) is -0.786. The first kappa shape index (κ1) is 14.8. The van der Waals surface area contributed by atoms with Gasteiger partial charge in [-0.25, -0.2) is 4.39 Å². The minimum atomic E-state index is -0.542. The van der Waals surface area contributed by atoms with Crippen molar-refractivity contribution in [2.24, 2.45) is 0 Å². The molecule has 20 heavy (non-hydrogen) atoms. The molecule has 2 N–H and O–H groups in total. The summed E-state index contributed by atoms with van der Waals surface area (Å²) in [4.78, 5) is 16.4. The molecular weight excluding hydrogens is 257 g/mol. The lowest BCUT2D eigenvalue weighted by Crippen LogP contribution is -2.51. The molecule has 1 aromatic rings. The second-order valence-electron chi connectivity index (χ2n) is 5.32. The molecule has 1 aliphatic rings. The second kappa shape index (κ2) is 6.22. The topological polar surface area (TPSA) is 49.6 Å². The smallest absolute Gasteiger partial charge is 0.256 e. The Morgan fingerprint density at radius 2 is 2.00 bits per heavy atom. The Balaban J connectivity index is 2.01. The van der Waals surface area contributed by atoms with Crippen LogP contribution in [0.25, 0.3) is 0 Å². The van der Waals surface area contributed by atoms with Crippen LogP contribution >= 0.6 is 0 Å². The standard InChI is InChI=1S/C15H22FN3O/c1-3-11(2)18-6-8-19(9-7-18)15(20)13-5-4-12(17)10-14(13)16/h4-5,10-11H,3,6-9,17H2,1-2H3. The third-order valence-electron chi connectivity index (χ3n) is 4.04. The molecule has 0 radical (unpaired) electrons. The Labute approximate surface area is 119 Å². The highest BCUT2D eigenvalue weighted by molar-refractivity contribution is 5.94. The summed E-state index contributed by atoms with van der Waals surface area (Å²) in [7, 11) is 0. The second-order valence-corrected chi connectivity index (χ2v) is 5.32. The molecule has 0 bridgehead atoms. The van der Waals surface area contributed by atoms with Crippen LogP contribution in [0.4, 0.5) is 10.1 Å². The number of piperazine rings is 1. The lowest BCUT2D eigenvalue weighted by molar-refractivity contribution is 0.0575. The normalized spacial score (nSPS) is 18.1. The number of nitrogen functional groups attached to an aromatic ring is 1. The van der Waals surface area contributed by atoms with Crippen LogP contribution in [0.5, 0.6) is 0 Å². The van der Waals surface area contributed by atoms with Gasteiger partial charge in [0.05, 0.1) is 5.56 Å². The molecule has 1 fully saturated rings. The molecular formula is C15H22FN3O. The Morgan fingerprint density at radius 1 is 1.35 bits per heavy atom. The molecule has 1 aliphatic heterocycles. The van der Waals surface area contributed by atoms with E-state index in [0.29, 0.717) is 24.8 Å². The average molecular weight is 279 g/mol. The number of amides is 1. The maximum Gasteiger partial charge on any atom is 0.256 e. The van der Waals surface area contributed by atoms with Gasteiger partial charge in [0, 0.05) is 37.9 Å². The summed E-state index contributed by atoms with van der Waals surface area (Å²) in [6, 6.07) is 4.75. The summed E-state index contributed by atoms with van der Waals surface area (Å²) in [6.45, 7) is 7.33. The largest absolute Gasteiger partial charge is 0.399 e. The lowest BCUT2D eigenvalue weighted by Gasteiger charge is -2.37. The molecule has 1 aromatic carbocycles. The zero-order valence-corrected chi connectivity index (χ0v) is 12.1. The van der Waals surface area contributed by atoms with E-state index < -0.39 is 5.82 Å². The Morgan fingerprint density at radius 3 is 2.55 bits per heavy atom. The fourth-order valence-corrected chi connectivity index (χ4v) is 2.50. The monoisotopic (exact) mass is 279 g/mol. The van der Waals surface area contributed by atoms with Crippen molar-refractivity contribution in [3.63, 3.8) is 0 Å². The van der Waals surface area contributed by atoms with Gasteiger partial charge in [0.1, 0.15) is 5.82 Å². The van der Waals surface area contributed by atoms with Gasteiger partial charge >= 0.3 is 0 Å². The molecule has 1 heterocycles. The molecule has 0 spiro atoms. The molecule has 0 aliphatic carbocycles. The van der Waals surface area contributed by atoms with Crippen molar-refractivity contribution in [2.75, 3.05) is 31.9 Å². The van der Waals surface area contributed by atoms with Crippen LogP contribution in [0.2, 0.25) is 0 Å². The van der Waals surface area contributed by atoms with Gasteiger partial charge in [0.15, 0.2) is 0 Å². The van der Waals surface area contributed by atoms with Crippen LogP contribution < -0.4 is 5.73 Å². The van der Waals surface area contributed by atoms with Crippen molar-refractivity contribution in [2.45, 2.75) is 26.3 Å². The molecule has 0 aromatic heterocycles. The maximum absolute atomic E-state index is 13.8. The van der Waals surface area contributed by atoms with Crippen LogP contribution in [0.15, 0.2) is 18.2 Å². The van der Waals surface area contributed by atoms with Gasteiger partial charge in [-0.1, -0.05) is 6.92 Å². The first-order valence-electron chi connectivity index (χ1n) is 7.11. The van der Waals surface area contributed by atoms with Crippen molar-refractivity contribution < 1.29 is 9.18 Å². The van der Waals surface area contributed by atoms with Crippen LogP contribution in [-0.4, -0.2) is 47.9 Å². The van der Waals surface area contributed by atoms with E-state index in [1.165, 1.54) is 12.1 Å². The summed E-state index contributed by atoms with van der Waals surface area (Å²) in [5, 5.41) is 0. The van der Waals surface area contributed by atoms with E-state index in [2.05, 4.69) is 18.7 Å². The minimum Gasteiger partial charge on any atom is -0.399 e. The Hall–Kier alpha value is -1.62. The van der Waals surface area contributed by atoms with Crippen LogP contribution in [0.3, 0.4) is 0 Å². The highest BCUT2D eigenvalue weighted by Gasteiger charge is 2.25. The van der Waals surface area contributed by atoms with Crippen molar-refractivity contribution >= 4 is 11.6 Å². The first-order chi connectivity index (χ1) is 9.52. The first-order valence-corrected chi connectivity index (χ1v) is 7.11. The van der Waals surface area contributed by atoms with Crippen LogP contribution in [0, 0.1) is 5.82 Å². The van der Waals surface area contributed by atoms with Crippen molar-refractivity contribution in [1.29, 1.82) is 0 Å². The zero-order valence-electron chi connectivity index (χ0n) is 12.1. The van der Waals surface area contributed by atoms with Gasteiger partial charge in [-0.3, -0.25) is 9.69 Å². The highest BCUT2D eigenvalue weighted by atomic mass is 19.1. The number of hydrogen-bond acceptors (Lipinski definition) is 3. The van der Waals surface area contributed by atoms with Gasteiger partial charge in [-0.05, 0) is 31.5 Å². The van der Waals surface area contributed by atoms with Gasteiger partial charge in [-0.2, -0.15) is 0 Å². The van der Waals surface area contributed by atoms with E-state index in [4.69, 9.17) is 5.73 Å². The molecule has 4 nitrogen and oxygen atoms in total. The summed E-state index contributed by atoms with van der Waals surface area (Å²) in [5.41, 5.74) is 5.94. The van der Waals surface area contributed by atoms with E-state index >= 15 is 0 Å². The van der Waals surface area contributed by atoms with Gasteiger partial charge in [0.2, 0.25) is 0 Å². The summed E-state index contributed by atoms with van der Waals surface area (Å²) in [6.07, 6.45) is 1.10. The number of halogens is 1. The van der Waals surface area contributed by atoms with E-state index in [1.54, 1.807) is 11.0 Å². The molecule has 0 saturated carbocycles. The van der Waals surface area contributed by atoms with Gasteiger partial charge < -0.3 is 10.6 Å². The van der Waals surface area contributed by atoms with Gasteiger partial charge in [0.25, 0.3) is 5.91 Å². The van der Waals surface area contributed by atoms with E-state index in [9.17, 15) is 9.18 Å². The van der Waals surface area contributed by atoms with Crippen molar-refractivity contribution in [3.05, 3.63) is 29.6 Å². The molecule has 5 heteroatoms. The lowest BCUT2D eigenvalue weighted by atomic mass is 10.1. The fourth-order valence-electron chi connectivity index (χ4n) is 2.50. The van der Waals surface area contributed by atoms with E-state index in [1.807, 2.05) is 0 Å². The summed E-state index contributed by atoms with van der Waals surface area (Å²) >= 11 is 0. The molecule has 1 amide bonds. The Bertz CT molecular complexity index is 484. The number of nitrogens with zero attached hydrogens (tertiary/aromatic N) is 2. The minimum absolute atomic E-state index is 0.108. The molecule has 110 valence electrons. The summed E-state index contributed by atoms with van der Waals surface area (Å²) < 4.78 is 13.8. The SMILES string of the molecule is CCC(C)N1CCN(C(=O)c2ccc(N)cc2F)CC1. The number of carbonyl (C=O) groups is 1. The molecule has 2 rings (SSSR count). The number of hydrogen-bond donors (Lipinski definition) is 1. The third kappa shape index (κ3) is 3.10. The fraction of sp³-hybridized carbons (Fsp3) is 0.533. The molecule has 1 atom stereocenters. The predicted octanol–water partition coefficient (Wildman–Crippen LogP) is 1.96. The van der Waals surface area contributed by atoms with E-state index in [-0.39, 0.29) is 11.5 Å². The predicted molar refractivity (Wildman–Crippen MR) is 78.0 cm³/mol. The molecule has 1 unspecified atom stereocenters. The van der Waals surface area contributed by atoms with Gasteiger partial charge in [-0.15, -0.1) is 0 Å². The number of benzene rings is 1. The van der Waals surface area contributed by atoms with Crippen molar-refractivity contribution in [3.8, 4) is 0 Å². The number of nitrogens with two attached hydrogens (primary N) is 1. The number of rotatable bonds is 3. The zero-order chi connectivity index (χ0) is 14.7. The number of anilines is 1. The maximum atomic E-state index is 13.8. The molecule has 1 saturated heterocycles. The quantitative estimate of drug-likeness (QED) is 0.861. The highest BCUT2D eigenvalue weighted by Crippen LogP contribution is 2.16.